The summed E-state index contributed by atoms with van der Waals surface area (Å²) >= 11 is 0. The summed E-state index contributed by atoms with van der Waals surface area (Å²) in [5, 5.41) is 0. The van der Waals surface area contributed by atoms with Crippen LogP contribution in [0.5, 0.6) is 0 Å². The number of hydrogen-bond acceptors (Lipinski definition) is 8. The Labute approximate surface area is 349 Å². The molecule has 0 saturated heterocycles. The van der Waals surface area contributed by atoms with E-state index in [-0.39, 0.29) is 23.8 Å². The number of unbranched alkanes of at least 4 members (excludes halogenated alkanes) is 17. The minimum absolute atomic E-state index is 0.0336. The molecule has 0 aliphatic heterocycles. The first kappa shape index (κ1) is 54.8. The van der Waals surface area contributed by atoms with Crippen LogP contribution in [0.15, 0.2) is 0 Å². The fraction of sp³-hybridized carbons (Fsp3) is 0.958. The molecule has 0 rings (SSSR count). The lowest BCUT2D eigenvalue weighted by molar-refractivity contribution is -0.150. The van der Waals surface area contributed by atoms with Gasteiger partial charge in [0.25, 0.3) is 0 Å². The maximum Gasteiger partial charge on any atom is 0.308 e. The van der Waals surface area contributed by atoms with Gasteiger partial charge in [-0.2, -0.15) is 0 Å². The highest BCUT2D eigenvalue weighted by Gasteiger charge is 2.21. The summed E-state index contributed by atoms with van der Waals surface area (Å²) in [4.78, 5) is 31.3. The van der Waals surface area contributed by atoms with Crippen molar-refractivity contribution in [2.45, 2.75) is 220 Å². The van der Waals surface area contributed by atoms with Gasteiger partial charge in [-0.3, -0.25) is 9.59 Å². The predicted molar refractivity (Wildman–Crippen MR) is 241 cm³/mol. The van der Waals surface area contributed by atoms with Crippen molar-refractivity contribution in [2.75, 3.05) is 65.6 Å². The Morgan fingerprint density at radius 3 is 0.964 bits per heavy atom. The van der Waals surface area contributed by atoms with E-state index in [0.29, 0.717) is 26.3 Å². The molecule has 2 atom stereocenters. The Bertz CT molecular complexity index is 765. The van der Waals surface area contributed by atoms with E-state index in [1.54, 1.807) is 0 Å². The third-order valence-electron chi connectivity index (χ3n) is 11.6. The van der Waals surface area contributed by atoms with Gasteiger partial charge in [0.15, 0.2) is 0 Å². The molecule has 4 N–H and O–H groups in total. The van der Waals surface area contributed by atoms with Gasteiger partial charge in [0.2, 0.25) is 0 Å². The third-order valence-corrected chi connectivity index (χ3v) is 11.6. The number of ether oxygens (including phenoxy) is 2. The van der Waals surface area contributed by atoms with E-state index in [1.165, 1.54) is 103 Å². The van der Waals surface area contributed by atoms with Crippen molar-refractivity contribution in [3.05, 3.63) is 0 Å². The molecule has 0 amide bonds. The molecule has 0 aromatic heterocycles. The molecular formula is C48H98N4O4. The van der Waals surface area contributed by atoms with Crippen LogP contribution < -0.4 is 11.5 Å². The molecule has 0 bridgehead atoms. The lowest BCUT2D eigenvalue weighted by Gasteiger charge is -2.25. The molecule has 8 heteroatoms. The Morgan fingerprint density at radius 1 is 0.375 bits per heavy atom. The average Bonchev–Trinajstić information content (AvgIpc) is 3.20. The topological polar surface area (TPSA) is 111 Å². The van der Waals surface area contributed by atoms with Gasteiger partial charge >= 0.3 is 11.9 Å². The molecule has 0 aliphatic carbocycles. The van der Waals surface area contributed by atoms with E-state index in [4.69, 9.17) is 20.9 Å². The zero-order chi connectivity index (χ0) is 41.2. The normalized spacial score (nSPS) is 12.8. The first-order valence-corrected chi connectivity index (χ1v) is 24.6. The van der Waals surface area contributed by atoms with Crippen molar-refractivity contribution in [1.29, 1.82) is 0 Å². The summed E-state index contributed by atoms with van der Waals surface area (Å²) in [6, 6.07) is 0. The fourth-order valence-electron chi connectivity index (χ4n) is 7.87. The molecule has 0 aromatic rings. The SMILES string of the molecule is CCCCCCCCC(CCCCCC)C(=O)OCCCN(CCCN)CCCCN(CCCN)CCCOC(=O)C(CCCCCC)CCCCCCCC. The lowest BCUT2D eigenvalue weighted by Crippen LogP contribution is -2.32. The van der Waals surface area contributed by atoms with Gasteiger partial charge in [-0.05, 0) is 103 Å². The van der Waals surface area contributed by atoms with Crippen molar-refractivity contribution < 1.29 is 19.1 Å². The van der Waals surface area contributed by atoms with Crippen LogP contribution in [0.25, 0.3) is 0 Å². The van der Waals surface area contributed by atoms with E-state index in [1.807, 2.05) is 0 Å². The summed E-state index contributed by atoms with van der Waals surface area (Å²) in [7, 11) is 0. The van der Waals surface area contributed by atoms with Gasteiger partial charge < -0.3 is 30.7 Å². The van der Waals surface area contributed by atoms with E-state index >= 15 is 0 Å². The zero-order valence-corrected chi connectivity index (χ0v) is 38.1. The fourth-order valence-corrected chi connectivity index (χ4v) is 7.87. The Balaban J connectivity index is 4.73. The van der Waals surface area contributed by atoms with Gasteiger partial charge in [-0.25, -0.2) is 0 Å². The number of esters is 2. The maximum atomic E-state index is 13.1. The minimum Gasteiger partial charge on any atom is -0.465 e. The van der Waals surface area contributed by atoms with Crippen molar-refractivity contribution >= 4 is 11.9 Å². The van der Waals surface area contributed by atoms with Crippen LogP contribution >= 0.6 is 0 Å². The van der Waals surface area contributed by atoms with Gasteiger partial charge in [0.05, 0.1) is 25.0 Å². The van der Waals surface area contributed by atoms with Crippen molar-refractivity contribution in [3.63, 3.8) is 0 Å². The van der Waals surface area contributed by atoms with Crippen molar-refractivity contribution in [3.8, 4) is 0 Å². The molecule has 334 valence electrons. The highest BCUT2D eigenvalue weighted by Crippen LogP contribution is 2.22. The number of carbonyl (C=O) groups is 2. The number of carbonyl (C=O) groups excluding carboxylic acids is 2. The van der Waals surface area contributed by atoms with Gasteiger partial charge in [-0.1, -0.05) is 156 Å². The third kappa shape index (κ3) is 34.8. The molecule has 8 nitrogen and oxygen atoms in total. The molecular weight excluding hydrogens is 697 g/mol. The summed E-state index contributed by atoms with van der Waals surface area (Å²) in [6.07, 6.45) is 34.6. The Morgan fingerprint density at radius 2 is 0.643 bits per heavy atom. The van der Waals surface area contributed by atoms with Gasteiger partial charge in [0, 0.05) is 13.1 Å². The molecule has 0 saturated carbocycles. The Hall–Kier alpha value is -1.22. The van der Waals surface area contributed by atoms with Crippen LogP contribution in [0.3, 0.4) is 0 Å². The summed E-state index contributed by atoms with van der Waals surface area (Å²) in [6.45, 7) is 17.3. The van der Waals surface area contributed by atoms with Crippen LogP contribution in [-0.4, -0.2) is 87.3 Å². The van der Waals surface area contributed by atoms with Gasteiger partial charge in [-0.15, -0.1) is 0 Å². The van der Waals surface area contributed by atoms with E-state index < -0.39 is 0 Å². The van der Waals surface area contributed by atoms with E-state index in [0.717, 1.165) is 129 Å². The van der Waals surface area contributed by atoms with E-state index in [9.17, 15) is 9.59 Å². The van der Waals surface area contributed by atoms with Crippen LogP contribution in [0.1, 0.15) is 220 Å². The second-order valence-corrected chi connectivity index (χ2v) is 16.9. The quantitative estimate of drug-likeness (QED) is 0.0463. The Kier molecular flexibility index (Phi) is 42.4. The van der Waals surface area contributed by atoms with Crippen LogP contribution in [0.2, 0.25) is 0 Å². The number of hydrogen-bond donors (Lipinski definition) is 2. The number of nitrogens with zero attached hydrogens (tertiary/aromatic N) is 2. The molecule has 0 fully saturated rings. The largest absolute Gasteiger partial charge is 0.465 e. The predicted octanol–water partition coefficient (Wildman–Crippen LogP) is 11.6. The molecule has 2 unspecified atom stereocenters. The standard InChI is InChI=1S/C48H98N4O4/c1-5-9-13-17-19-23-33-45(31-21-15-11-7-3)47(53)55-43-29-41-51(39-27-35-49)37-25-26-38-52(40-28-36-50)42-30-44-56-48(54)46(32-22-16-12-8-4)34-24-20-18-14-10-6-2/h45-46H,5-44,49-50H2,1-4H3. The molecule has 0 spiro atoms. The molecule has 0 heterocycles. The highest BCUT2D eigenvalue weighted by atomic mass is 16.5. The monoisotopic (exact) mass is 795 g/mol. The lowest BCUT2D eigenvalue weighted by atomic mass is 9.94. The highest BCUT2D eigenvalue weighted by molar-refractivity contribution is 5.72. The average molecular weight is 795 g/mol. The second-order valence-electron chi connectivity index (χ2n) is 16.9. The summed E-state index contributed by atoms with van der Waals surface area (Å²) < 4.78 is 11.8. The van der Waals surface area contributed by atoms with Crippen LogP contribution in [0, 0.1) is 11.8 Å². The van der Waals surface area contributed by atoms with Crippen LogP contribution in [-0.2, 0) is 19.1 Å². The molecule has 0 aliphatic rings. The molecule has 56 heavy (non-hydrogen) atoms. The van der Waals surface area contributed by atoms with Crippen molar-refractivity contribution in [2.24, 2.45) is 23.3 Å². The first-order valence-electron chi connectivity index (χ1n) is 24.6. The maximum absolute atomic E-state index is 13.1. The zero-order valence-electron chi connectivity index (χ0n) is 38.1. The number of rotatable bonds is 45. The smallest absolute Gasteiger partial charge is 0.308 e. The summed E-state index contributed by atoms with van der Waals surface area (Å²) in [5.74, 6) is 0.193. The second kappa shape index (κ2) is 43.4. The summed E-state index contributed by atoms with van der Waals surface area (Å²) in [5.41, 5.74) is 11.8. The van der Waals surface area contributed by atoms with E-state index in [2.05, 4.69) is 37.5 Å². The molecule has 0 aromatic carbocycles. The minimum atomic E-state index is 0.0336. The molecule has 0 radical (unpaired) electrons. The van der Waals surface area contributed by atoms with Crippen LogP contribution in [0.4, 0.5) is 0 Å². The number of nitrogens with two attached hydrogens (primary N) is 2. The first-order chi connectivity index (χ1) is 27.5. The van der Waals surface area contributed by atoms with Gasteiger partial charge in [0.1, 0.15) is 0 Å². The van der Waals surface area contributed by atoms with Crippen molar-refractivity contribution in [1.82, 2.24) is 9.80 Å².